The summed E-state index contributed by atoms with van der Waals surface area (Å²) in [5, 5.41) is 17.6. The van der Waals surface area contributed by atoms with E-state index in [0.717, 1.165) is 16.3 Å². The molecule has 1 atom stereocenters. The van der Waals surface area contributed by atoms with Gasteiger partial charge in [-0.25, -0.2) is 9.78 Å². The van der Waals surface area contributed by atoms with Crippen molar-refractivity contribution in [1.29, 1.82) is 0 Å². The Kier molecular flexibility index (Phi) is 5.55. The highest BCUT2D eigenvalue weighted by Crippen LogP contribution is 2.23. The summed E-state index contributed by atoms with van der Waals surface area (Å²) < 4.78 is 0. The zero-order chi connectivity index (χ0) is 15.2. The van der Waals surface area contributed by atoms with Gasteiger partial charge in [0.25, 0.3) is 0 Å². The minimum atomic E-state index is -0.320. The third-order valence-electron chi connectivity index (χ3n) is 2.74. The summed E-state index contributed by atoms with van der Waals surface area (Å²) in [6, 6.07) is 6.86. The second-order valence-corrected chi connectivity index (χ2v) is 5.92. The normalized spacial score (nSPS) is 12.0. The SMILES string of the molecule is CC(CO)NC(=O)NCc1nc(-c2ccc(Cl)cc2)cs1. The molecule has 112 valence electrons. The average molecular weight is 326 g/mol. The Morgan fingerprint density at radius 1 is 1.43 bits per heavy atom. The Bertz CT molecular complexity index is 601. The molecule has 0 saturated heterocycles. The van der Waals surface area contributed by atoms with Gasteiger partial charge in [-0.1, -0.05) is 23.7 Å². The fourth-order valence-electron chi connectivity index (χ4n) is 1.62. The maximum absolute atomic E-state index is 11.5. The number of benzene rings is 1. The number of aliphatic hydroxyl groups excluding tert-OH is 1. The van der Waals surface area contributed by atoms with Gasteiger partial charge < -0.3 is 15.7 Å². The van der Waals surface area contributed by atoms with Crippen LogP contribution in [0.15, 0.2) is 29.6 Å². The Hall–Kier alpha value is -1.63. The van der Waals surface area contributed by atoms with Gasteiger partial charge in [0.05, 0.1) is 24.9 Å². The Balaban J connectivity index is 1.91. The van der Waals surface area contributed by atoms with Crippen LogP contribution < -0.4 is 10.6 Å². The lowest BCUT2D eigenvalue weighted by Crippen LogP contribution is -2.41. The van der Waals surface area contributed by atoms with Crippen LogP contribution in [-0.4, -0.2) is 28.8 Å². The molecule has 3 N–H and O–H groups in total. The van der Waals surface area contributed by atoms with E-state index >= 15 is 0 Å². The first-order valence-corrected chi connectivity index (χ1v) is 7.70. The van der Waals surface area contributed by atoms with Crippen molar-refractivity contribution in [2.75, 3.05) is 6.61 Å². The van der Waals surface area contributed by atoms with Crippen LogP contribution in [0.2, 0.25) is 5.02 Å². The van der Waals surface area contributed by atoms with Crippen LogP contribution in [0.4, 0.5) is 4.79 Å². The summed E-state index contributed by atoms with van der Waals surface area (Å²) in [4.78, 5) is 16.0. The van der Waals surface area contributed by atoms with Gasteiger partial charge >= 0.3 is 6.03 Å². The standard InChI is InChI=1S/C14H16ClN3O2S/c1-9(7-19)17-14(20)16-6-13-18-12(8-21-13)10-2-4-11(15)5-3-10/h2-5,8-9,19H,6-7H2,1H3,(H2,16,17,20). The third-order valence-corrected chi connectivity index (χ3v) is 3.84. The number of carbonyl (C=O) groups is 1. The highest BCUT2D eigenvalue weighted by molar-refractivity contribution is 7.09. The van der Waals surface area contributed by atoms with Crippen LogP contribution in [0.5, 0.6) is 0 Å². The summed E-state index contributed by atoms with van der Waals surface area (Å²) >= 11 is 7.33. The molecule has 0 bridgehead atoms. The van der Waals surface area contributed by atoms with Crippen molar-refractivity contribution in [3.05, 3.63) is 39.7 Å². The highest BCUT2D eigenvalue weighted by atomic mass is 35.5. The lowest BCUT2D eigenvalue weighted by atomic mass is 10.2. The van der Waals surface area contributed by atoms with Crippen molar-refractivity contribution in [3.63, 3.8) is 0 Å². The van der Waals surface area contributed by atoms with Gasteiger partial charge in [-0.3, -0.25) is 0 Å². The van der Waals surface area contributed by atoms with Crippen LogP contribution >= 0.6 is 22.9 Å². The van der Waals surface area contributed by atoms with Crippen molar-refractivity contribution < 1.29 is 9.90 Å². The van der Waals surface area contributed by atoms with Crippen LogP contribution in [0, 0.1) is 0 Å². The van der Waals surface area contributed by atoms with Gasteiger partial charge in [0.1, 0.15) is 5.01 Å². The summed E-state index contributed by atoms with van der Waals surface area (Å²) in [6.07, 6.45) is 0. The summed E-state index contributed by atoms with van der Waals surface area (Å²) in [7, 11) is 0. The van der Waals surface area contributed by atoms with Gasteiger partial charge in [-0.15, -0.1) is 11.3 Å². The van der Waals surface area contributed by atoms with Crippen molar-refractivity contribution in [1.82, 2.24) is 15.6 Å². The van der Waals surface area contributed by atoms with E-state index in [0.29, 0.717) is 11.6 Å². The first-order chi connectivity index (χ1) is 10.1. The number of urea groups is 1. The molecule has 21 heavy (non-hydrogen) atoms. The van der Waals surface area contributed by atoms with Crippen LogP contribution in [0.1, 0.15) is 11.9 Å². The first kappa shape index (κ1) is 15.8. The minimum Gasteiger partial charge on any atom is -0.394 e. The molecule has 2 amide bonds. The monoisotopic (exact) mass is 325 g/mol. The van der Waals surface area contributed by atoms with Crippen LogP contribution in [0.25, 0.3) is 11.3 Å². The lowest BCUT2D eigenvalue weighted by Gasteiger charge is -2.10. The smallest absolute Gasteiger partial charge is 0.315 e. The number of nitrogens with zero attached hydrogens (tertiary/aromatic N) is 1. The summed E-state index contributed by atoms with van der Waals surface area (Å²) in [5.74, 6) is 0. The molecule has 0 aliphatic heterocycles. The van der Waals surface area contributed by atoms with E-state index in [4.69, 9.17) is 16.7 Å². The molecule has 0 radical (unpaired) electrons. The average Bonchev–Trinajstić information content (AvgIpc) is 2.94. The topological polar surface area (TPSA) is 74.2 Å². The van der Waals surface area contributed by atoms with E-state index in [9.17, 15) is 4.79 Å². The second kappa shape index (κ2) is 7.40. The molecule has 1 aromatic heterocycles. The third kappa shape index (κ3) is 4.70. The molecule has 1 heterocycles. The van der Waals surface area contributed by atoms with Gasteiger partial charge in [0, 0.05) is 16.0 Å². The molecule has 2 rings (SSSR count). The van der Waals surface area contributed by atoms with Gasteiger partial charge in [-0.05, 0) is 19.1 Å². The number of aliphatic hydroxyl groups is 1. The van der Waals surface area contributed by atoms with E-state index in [1.165, 1.54) is 11.3 Å². The van der Waals surface area contributed by atoms with Crippen molar-refractivity contribution in [2.24, 2.45) is 0 Å². The van der Waals surface area contributed by atoms with Gasteiger partial charge in [0.15, 0.2) is 0 Å². The largest absolute Gasteiger partial charge is 0.394 e. The molecule has 1 unspecified atom stereocenters. The molecule has 0 aliphatic rings. The quantitative estimate of drug-likeness (QED) is 0.791. The second-order valence-electron chi connectivity index (χ2n) is 4.54. The molecule has 0 aliphatic carbocycles. The maximum atomic E-state index is 11.5. The number of carbonyl (C=O) groups excluding carboxylic acids is 1. The number of thiazole rings is 1. The van der Waals surface area contributed by atoms with Crippen LogP contribution in [-0.2, 0) is 6.54 Å². The number of rotatable bonds is 5. The molecule has 7 heteroatoms. The first-order valence-electron chi connectivity index (χ1n) is 6.44. The van der Waals surface area contributed by atoms with Crippen molar-refractivity contribution in [3.8, 4) is 11.3 Å². The van der Waals surface area contributed by atoms with E-state index in [2.05, 4.69) is 15.6 Å². The highest BCUT2D eigenvalue weighted by Gasteiger charge is 2.08. The Morgan fingerprint density at radius 3 is 2.81 bits per heavy atom. The number of hydrogen-bond acceptors (Lipinski definition) is 4. The molecular formula is C14H16ClN3O2S. The zero-order valence-corrected chi connectivity index (χ0v) is 13.0. The van der Waals surface area contributed by atoms with E-state index < -0.39 is 0 Å². The van der Waals surface area contributed by atoms with Gasteiger partial charge in [0.2, 0.25) is 0 Å². The molecular weight excluding hydrogens is 310 g/mol. The fraction of sp³-hybridized carbons (Fsp3) is 0.286. The zero-order valence-electron chi connectivity index (χ0n) is 11.5. The molecule has 1 aromatic carbocycles. The molecule has 5 nitrogen and oxygen atoms in total. The van der Waals surface area contributed by atoms with E-state index in [1.807, 2.05) is 29.6 Å². The number of aromatic nitrogens is 1. The summed E-state index contributed by atoms with van der Waals surface area (Å²) in [6.45, 7) is 1.98. The maximum Gasteiger partial charge on any atom is 0.315 e. The fourth-order valence-corrected chi connectivity index (χ4v) is 2.49. The molecule has 2 aromatic rings. The Labute approximate surface area is 132 Å². The Morgan fingerprint density at radius 2 is 2.14 bits per heavy atom. The molecule has 0 saturated carbocycles. The number of amides is 2. The number of nitrogens with one attached hydrogen (secondary N) is 2. The predicted molar refractivity (Wildman–Crippen MR) is 84.5 cm³/mol. The van der Waals surface area contributed by atoms with Crippen molar-refractivity contribution in [2.45, 2.75) is 19.5 Å². The van der Waals surface area contributed by atoms with Crippen molar-refractivity contribution >= 4 is 29.0 Å². The lowest BCUT2D eigenvalue weighted by molar-refractivity contribution is 0.220. The van der Waals surface area contributed by atoms with Gasteiger partial charge in [-0.2, -0.15) is 0 Å². The minimum absolute atomic E-state index is 0.0919. The van der Waals surface area contributed by atoms with E-state index in [1.54, 1.807) is 6.92 Å². The molecule has 0 fully saturated rings. The number of halogens is 1. The summed E-state index contributed by atoms with van der Waals surface area (Å²) in [5.41, 5.74) is 1.85. The number of hydrogen-bond donors (Lipinski definition) is 3. The van der Waals surface area contributed by atoms with Crippen LogP contribution in [0.3, 0.4) is 0 Å². The van der Waals surface area contributed by atoms with E-state index in [-0.39, 0.29) is 18.7 Å². The predicted octanol–water partition coefficient (Wildman–Crippen LogP) is 2.64. The molecule has 0 spiro atoms.